The van der Waals surface area contributed by atoms with Crippen molar-refractivity contribution in [3.63, 3.8) is 0 Å². The fourth-order valence-electron chi connectivity index (χ4n) is 2.35. The monoisotopic (exact) mass is 325 g/mol. The molecule has 0 saturated heterocycles. The van der Waals surface area contributed by atoms with E-state index in [0.717, 1.165) is 30.7 Å². The predicted molar refractivity (Wildman–Crippen MR) is 79.9 cm³/mol. The zero-order valence-electron chi connectivity index (χ0n) is 11.4. The maximum atomic E-state index is 12.5. The summed E-state index contributed by atoms with van der Waals surface area (Å²) < 4.78 is 5.60. The fraction of sp³-hybridized carbons (Fsp3) is 0.533. The molecule has 0 radical (unpaired) electrons. The number of likely N-dealkylation sites (N-methyl/N-ethyl adjacent to an activating group) is 1. The van der Waals surface area contributed by atoms with E-state index in [-0.39, 0.29) is 11.8 Å². The van der Waals surface area contributed by atoms with Gasteiger partial charge in [0.1, 0.15) is 5.75 Å². The second kappa shape index (κ2) is 6.42. The SMILES string of the molecule is CC(Br)CCN(C)C(=O)C1CCOc2ccccc21. The number of hydrogen-bond donors (Lipinski definition) is 0. The van der Waals surface area contributed by atoms with Gasteiger partial charge < -0.3 is 9.64 Å². The molecule has 2 unspecified atom stereocenters. The van der Waals surface area contributed by atoms with Gasteiger partial charge in [-0.3, -0.25) is 4.79 Å². The first-order valence-corrected chi connectivity index (χ1v) is 7.62. The Morgan fingerprint density at radius 3 is 3.00 bits per heavy atom. The van der Waals surface area contributed by atoms with Crippen molar-refractivity contribution in [3.05, 3.63) is 29.8 Å². The number of nitrogens with zero attached hydrogens (tertiary/aromatic N) is 1. The molecule has 19 heavy (non-hydrogen) atoms. The van der Waals surface area contributed by atoms with Crippen LogP contribution in [0.2, 0.25) is 0 Å². The summed E-state index contributed by atoms with van der Waals surface area (Å²) in [6.07, 6.45) is 1.73. The minimum absolute atomic E-state index is 0.0550. The Bertz CT molecular complexity index is 448. The Labute approximate surface area is 123 Å². The van der Waals surface area contributed by atoms with Crippen molar-refractivity contribution in [3.8, 4) is 5.75 Å². The van der Waals surface area contributed by atoms with E-state index < -0.39 is 0 Å². The van der Waals surface area contributed by atoms with Crippen LogP contribution in [0.4, 0.5) is 0 Å². The standard InChI is InChI=1S/C15H20BrNO2/c1-11(16)7-9-17(2)15(18)13-8-10-19-14-6-4-3-5-12(13)14/h3-6,11,13H,7-10H2,1-2H3. The van der Waals surface area contributed by atoms with Gasteiger partial charge in [-0.25, -0.2) is 0 Å². The van der Waals surface area contributed by atoms with Gasteiger partial charge in [0.25, 0.3) is 0 Å². The lowest BCUT2D eigenvalue weighted by molar-refractivity contribution is -0.132. The van der Waals surface area contributed by atoms with Crippen molar-refractivity contribution < 1.29 is 9.53 Å². The highest BCUT2D eigenvalue weighted by atomic mass is 79.9. The zero-order chi connectivity index (χ0) is 13.8. The van der Waals surface area contributed by atoms with Crippen LogP contribution < -0.4 is 4.74 Å². The van der Waals surface area contributed by atoms with Crippen molar-refractivity contribution in [2.24, 2.45) is 0 Å². The number of rotatable bonds is 4. The summed E-state index contributed by atoms with van der Waals surface area (Å²) in [6, 6.07) is 7.85. The topological polar surface area (TPSA) is 29.5 Å². The number of benzene rings is 1. The second-order valence-corrected chi connectivity index (χ2v) is 6.62. The summed E-state index contributed by atoms with van der Waals surface area (Å²) in [5, 5.41) is 0. The van der Waals surface area contributed by atoms with Gasteiger partial charge in [0.2, 0.25) is 5.91 Å². The summed E-state index contributed by atoms with van der Waals surface area (Å²) in [5.74, 6) is 0.999. The van der Waals surface area contributed by atoms with Crippen LogP contribution in [0.3, 0.4) is 0 Å². The van der Waals surface area contributed by atoms with E-state index in [1.165, 1.54) is 0 Å². The number of hydrogen-bond acceptors (Lipinski definition) is 2. The third-order valence-corrected chi connectivity index (χ3v) is 3.95. The first-order valence-electron chi connectivity index (χ1n) is 6.70. The van der Waals surface area contributed by atoms with Crippen molar-refractivity contribution in [2.45, 2.75) is 30.5 Å². The summed E-state index contributed by atoms with van der Waals surface area (Å²) >= 11 is 3.52. The Kier molecular flexibility index (Phi) is 4.86. The third-order valence-electron chi connectivity index (χ3n) is 3.50. The number of amides is 1. The van der Waals surface area contributed by atoms with Gasteiger partial charge >= 0.3 is 0 Å². The number of para-hydroxylation sites is 1. The Balaban J connectivity index is 2.08. The molecule has 1 aromatic rings. The van der Waals surface area contributed by atoms with Crippen LogP contribution >= 0.6 is 15.9 Å². The molecule has 1 aromatic carbocycles. The van der Waals surface area contributed by atoms with E-state index in [4.69, 9.17) is 4.74 Å². The lowest BCUT2D eigenvalue weighted by Gasteiger charge is -2.29. The van der Waals surface area contributed by atoms with Crippen LogP contribution in [-0.4, -0.2) is 35.8 Å². The Morgan fingerprint density at radius 1 is 1.53 bits per heavy atom. The van der Waals surface area contributed by atoms with E-state index in [1.54, 1.807) is 0 Å². The third kappa shape index (κ3) is 3.50. The number of ether oxygens (including phenoxy) is 1. The van der Waals surface area contributed by atoms with E-state index in [1.807, 2.05) is 36.2 Å². The van der Waals surface area contributed by atoms with Gasteiger partial charge in [-0.1, -0.05) is 41.1 Å². The molecular weight excluding hydrogens is 306 g/mol. The zero-order valence-corrected chi connectivity index (χ0v) is 13.0. The lowest BCUT2D eigenvalue weighted by atomic mass is 9.92. The molecule has 0 N–H and O–H groups in total. The first-order chi connectivity index (χ1) is 9.09. The Hall–Kier alpha value is -1.03. The van der Waals surface area contributed by atoms with Crippen LogP contribution in [0, 0.1) is 0 Å². The molecule has 104 valence electrons. The van der Waals surface area contributed by atoms with Crippen LogP contribution in [-0.2, 0) is 4.79 Å². The van der Waals surface area contributed by atoms with Crippen molar-refractivity contribution in [2.75, 3.05) is 20.2 Å². The summed E-state index contributed by atoms with van der Waals surface area (Å²) in [4.78, 5) is 14.8. The number of halogens is 1. The smallest absolute Gasteiger partial charge is 0.230 e. The van der Waals surface area contributed by atoms with Gasteiger partial charge in [0.15, 0.2) is 0 Å². The number of alkyl halides is 1. The molecular formula is C15H20BrNO2. The number of carbonyl (C=O) groups is 1. The summed E-state index contributed by atoms with van der Waals surface area (Å²) in [7, 11) is 1.88. The molecule has 1 heterocycles. The minimum atomic E-state index is -0.0550. The second-order valence-electron chi connectivity index (χ2n) is 5.06. The molecule has 2 rings (SSSR count). The molecule has 3 nitrogen and oxygen atoms in total. The van der Waals surface area contributed by atoms with Gasteiger partial charge in [0, 0.05) is 24.0 Å². The van der Waals surface area contributed by atoms with Crippen molar-refractivity contribution in [1.29, 1.82) is 0 Å². The van der Waals surface area contributed by atoms with Gasteiger partial charge in [0.05, 0.1) is 12.5 Å². The molecule has 0 bridgehead atoms. The minimum Gasteiger partial charge on any atom is -0.493 e. The predicted octanol–water partition coefficient (Wildman–Crippen LogP) is 3.18. The molecule has 0 aliphatic carbocycles. The first kappa shape index (κ1) is 14.4. The molecule has 0 fully saturated rings. The summed E-state index contributed by atoms with van der Waals surface area (Å²) in [5.41, 5.74) is 1.03. The normalized spacial score (nSPS) is 19.2. The maximum Gasteiger partial charge on any atom is 0.230 e. The number of carbonyl (C=O) groups excluding carboxylic acids is 1. The van der Waals surface area contributed by atoms with Gasteiger partial charge in [-0.05, 0) is 18.9 Å². The Morgan fingerprint density at radius 2 is 2.26 bits per heavy atom. The molecule has 1 amide bonds. The highest BCUT2D eigenvalue weighted by Gasteiger charge is 2.29. The molecule has 0 spiro atoms. The quantitative estimate of drug-likeness (QED) is 0.796. The summed E-state index contributed by atoms with van der Waals surface area (Å²) in [6.45, 7) is 3.50. The van der Waals surface area contributed by atoms with Gasteiger partial charge in [-0.2, -0.15) is 0 Å². The van der Waals surface area contributed by atoms with Crippen LogP contribution in [0.15, 0.2) is 24.3 Å². The van der Waals surface area contributed by atoms with Crippen LogP contribution in [0.5, 0.6) is 5.75 Å². The van der Waals surface area contributed by atoms with Crippen LogP contribution in [0.1, 0.15) is 31.2 Å². The van der Waals surface area contributed by atoms with E-state index in [9.17, 15) is 4.79 Å². The molecule has 4 heteroatoms. The molecule has 1 aliphatic heterocycles. The fourth-order valence-corrected chi connectivity index (χ4v) is 2.55. The number of fused-ring (bicyclic) bond motifs is 1. The average Bonchev–Trinajstić information content (AvgIpc) is 2.43. The maximum absolute atomic E-state index is 12.5. The van der Waals surface area contributed by atoms with Crippen molar-refractivity contribution in [1.82, 2.24) is 4.90 Å². The van der Waals surface area contributed by atoms with Crippen LogP contribution in [0.25, 0.3) is 0 Å². The highest BCUT2D eigenvalue weighted by molar-refractivity contribution is 9.09. The van der Waals surface area contributed by atoms with E-state index in [0.29, 0.717) is 11.4 Å². The molecule has 0 aromatic heterocycles. The molecule has 0 saturated carbocycles. The van der Waals surface area contributed by atoms with Crippen molar-refractivity contribution >= 4 is 21.8 Å². The molecule has 1 aliphatic rings. The lowest BCUT2D eigenvalue weighted by Crippen LogP contribution is -2.35. The average molecular weight is 326 g/mol. The van der Waals surface area contributed by atoms with E-state index >= 15 is 0 Å². The van der Waals surface area contributed by atoms with Gasteiger partial charge in [-0.15, -0.1) is 0 Å². The highest BCUT2D eigenvalue weighted by Crippen LogP contribution is 2.34. The van der Waals surface area contributed by atoms with E-state index in [2.05, 4.69) is 22.9 Å². The molecule has 2 atom stereocenters. The largest absolute Gasteiger partial charge is 0.493 e.